The first-order valence-electron chi connectivity index (χ1n) is 7.20. The van der Waals surface area contributed by atoms with E-state index in [0.29, 0.717) is 6.61 Å². The Kier molecular flexibility index (Phi) is 5.35. The summed E-state index contributed by atoms with van der Waals surface area (Å²) < 4.78 is 11.2. The van der Waals surface area contributed by atoms with Gasteiger partial charge in [0.15, 0.2) is 5.69 Å². The number of primary amides is 1. The maximum Gasteiger partial charge on any atom is 0.271 e. The van der Waals surface area contributed by atoms with Crippen LogP contribution in [0.25, 0.3) is 0 Å². The molecule has 1 amide bonds. The number of aliphatic hydroxyl groups is 2. The molecule has 1 aliphatic rings. The summed E-state index contributed by atoms with van der Waals surface area (Å²) in [6, 6.07) is 0. The summed E-state index contributed by atoms with van der Waals surface area (Å²) in [4.78, 5) is 18.0. The van der Waals surface area contributed by atoms with Gasteiger partial charge in [0, 0.05) is 6.61 Å². The van der Waals surface area contributed by atoms with Crippen LogP contribution >= 0.6 is 0 Å². The predicted octanol–water partition coefficient (Wildman–Crippen LogP) is -0.931. The zero-order chi connectivity index (χ0) is 16.3. The van der Waals surface area contributed by atoms with Gasteiger partial charge in [0.2, 0.25) is 0 Å². The minimum atomic E-state index is -1.00. The first-order valence-corrected chi connectivity index (χ1v) is 7.20. The lowest BCUT2D eigenvalue weighted by Crippen LogP contribution is -2.35. The largest absolute Gasteiger partial charge is 0.394 e. The number of imidazole rings is 1. The lowest BCUT2D eigenvalue weighted by molar-refractivity contribution is -0.0421. The number of aliphatic hydroxyl groups excluding tert-OH is 2. The summed E-state index contributed by atoms with van der Waals surface area (Å²) in [5, 5.41) is 19.5. The summed E-state index contributed by atoms with van der Waals surface area (Å²) in [6.45, 7) is 2.10. The second-order valence-electron chi connectivity index (χ2n) is 5.21. The number of anilines is 1. The van der Waals surface area contributed by atoms with Crippen LogP contribution in [-0.2, 0) is 9.47 Å². The molecule has 4 atom stereocenters. The molecule has 1 aromatic heterocycles. The standard InChI is InChI=1S/C13H22N4O5/c1-2-3-4-21-9-8(19)6(5-18)22-10(9)13-16-7(12(15)20)11(14)17-13/h6,8-10,18-19H,2-5,14H2,1H3,(H2,15,20)(H,16,17)/t6-,8-,9-,10-/m1/s1. The smallest absolute Gasteiger partial charge is 0.271 e. The van der Waals surface area contributed by atoms with Crippen LogP contribution in [0.1, 0.15) is 42.2 Å². The van der Waals surface area contributed by atoms with Crippen LogP contribution in [0.15, 0.2) is 0 Å². The van der Waals surface area contributed by atoms with Gasteiger partial charge in [0.05, 0.1) is 6.61 Å². The highest BCUT2D eigenvalue weighted by Crippen LogP contribution is 2.35. The van der Waals surface area contributed by atoms with E-state index in [2.05, 4.69) is 9.97 Å². The van der Waals surface area contributed by atoms with Crippen molar-refractivity contribution in [2.75, 3.05) is 18.9 Å². The third-order valence-corrected chi connectivity index (χ3v) is 3.58. The van der Waals surface area contributed by atoms with Crippen LogP contribution < -0.4 is 11.5 Å². The number of H-pyrrole nitrogens is 1. The molecule has 2 heterocycles. The predicted molar refractivity (Wildman–Crippen MR) is 76.9 cm³/mol. The molecule has 1 aromatic rings. The van der Waals surface area contributed by atoms with Crippen molar-refractivity contribution >= 4 is 11.7 Å². The highest BCUT2D eigenvalue weighted by molar-refractivity contribution is 5.95. The molecule has 0 radical (unpaired) electrons. The average Bonchev–Trinajstić information content (AvgIpc) is 3.01. The molecule has 22 heavy (non-hydrogen) atoms. The van der Waals surface area contributed by atoms with Gasteiger partial charge in [0.25, 0.3) is 5.91 Å². The minimum Gasteiger partial charge on any atom is -0.394 e. The maximum atomic E-state index is 11.2. The number of aromatic nitrogens is 2. The molecule has 0 bridgehead atoms. The van der Waals surface area contributed by atoms with Crippen LogP contribution in [0.2, 0.25) is 0 Å². The molecule has 1 aliphatic heterocycles. The number of nitrogen functional groups attached to an aromatic ring is 1. The molecule has 9 nitrogen and oxygen atoms in total. The molecular formula is C13H22N4O5. The number of carbonyl (C=O) groups is 1. The van der Waals surface area contributed by atoms with Gasteiger partial charge in [-0.3, -0.25) is 4.79 Å². The Bertz CT molecular complexity index is 521. The number of ether oxygens (including phenoxy) is 2. The number of nitrogens with two attached hydrogens (primary N) is 2. The Morgan fingerprint density at radius 2 is 2.27 bits per heavy atom. The van der Waals surface area contributed by atoms with E-state index in [-0.39, 0.29) is 23.9 Å². The number of hydrogen-bond acceptors (Lipinski definition) is 7. The van der Waals surface area contributed by atoms with Gasteiger partial charge in [-0.25, -0.2) is 4.98 Å². The molecule has 0 saturated carbocycles. The normalized spacial score (nSPS) is 28.1. The number of unbranched alkanes of at least 4 members (excludes halogenated alkanes) is 1. The van der Waals surface area contributed by atoms with Crippen molar-refractivity contribution in [2.45, 2.75) is 44.2 Å². The Morgan fingerprint density at radius 1 is 1.55 bits per heavy atom. The number of amides is 1. The van der Waals surface area contributed by atoms with Crippen molar-refractivity contribution in [3.63, 3.8) is 0 Å². The molecule has 124 valence electrons. The molecule has 7 N–H and O–H groups in total. The quantitative estimate of drug-likeness (QED) is 0.407. The highest BCUT2D eigenvalue weighted by atomic mass is 16.6. The van der Waals surface area contributed by atoms with Crippen molar-refractivity contribution in [3.8, 4) is 0 Å². The van der Waals surface area contributed by atoms with Gasteiger partial charge < -0.3 is 36.1 Å². The molecule has 0 spiro atoms. The Morgan fingerprint density at radius 3 is 2.82 bits per heavy atom. The molecule has 1 saturated heterocycles. The topological polar surface area (TPSA) is 157 Å². The van der Waals surface area contributed by atoms with E-state index in [4.69, 9.17) is 20.9 Å². The van der Waals surface area contributed by atoms with Gasteiger partial charge in [-0.05, 0) is 6.42 Å². The van der Waals surface area contributed by atoms with Crippen molar-refractivity contribution in [2.24, 2.45) is 5.73 Å². The Labute approximate surface area is 127 Å². The van der Waals surface area contributed by atoms with Crippen LogP contribution in [-0.4, -0.2) is 57.6 Å². The van der Waals surface area contributed by atoms with E-state index in [0.717, 1.165) is 12.8 Å². The second-order valence-corrected chi connectivity index (χ2v) is 5.21. The number of aromatic amines is 1. The zero-order valence-corrected chi connectivity index (χ0v) is 12.4. The monoisotopic (exact) mass is 314 g/mol. The fourth-order valence-electron chi connectivity index (χ4n) is 2.39. The molecule has 1 fully saturated rings. The molecule has 0 aliphatic carbocycles. The lowest BCUT2D eigenvalue weighted by Gasteiger charge is -2.19. The SMILES string of the molecule is CCCCO[C@@H]1[C@H](O)[C@@H](CO)O[C@H]1c1nc(C(N)=O)c(N)[nH]1. The van der Waals surface area contributed by atoms with Crippen molar-refractivity contribution < 1.29 is 24.5 Å². The van der Waals surface area contributed by atoms with E-state index in [9.17, 15) is 15.0 Å². The number of nitrogens with zero attached hydrogens (tertiary/aromatic N) is 1. The summed E-state index contributed by atoms with van der Waals surface area (Å²) >= 11 is 0. The highest BCUT2D eigenvalue weighted by Gasteiger charge is 2.46. The lowest BCUT2D eigenvalue weighted by atomic mass is 10.1. The van der Waals surface area contributed by atoms with Gasteiger partial charge in [-0.1, -0.05) is 13.3 Å². The zero-order valence-electron chi connectivity index (χ0n) is 12.4. The second kappa shape index (κ2) is 7.05. The van der Waals surface area contributed by atoms with E-state index in [1.165, 1.54) is 0 Å². The summed E-state index contributed by atoms with van der Waals surface area (Å²) in [5.41, 5.74) is 10.7. The minimum absolute atomic E-state index is 0.0281. The fraction of sp³-hybridized carbons (Fsp3) is 0.692. The van der Waals surface area contributed by atoms with E-state index >= 15 is 0 Å². The van der Waals surface area contributed by atoms with E-state index in [1.54, 1.807) is 0 Å². The summed E-state index contributed by atoms with van der Waals surface area (Å²) in [7, 11) is 0. The van der Waals surface area contributed by atoms with Gasteiger partial charge in [0.1, 0.15) is 36.1 Å². The van der Waals surface area contributed by atoms with Gasteiger partial charge in [-0.15, -0.1) is 0 Å². The molecule has 9 heteroatoms. The Balaban J connectivity index is 2.21. The number of carbonyl (C=O) groups excluding carboxylic acids is 1. The van der Waals surface area contributed by atoms with Crippen LogP contribution in [0.4, 0.5) is 5.82 Å². The van der Waals surface area contributed by atoms with Crippen LogP contribution in [0.3, 0.4) is 0 Å². The van der Waals surface area contributed by atoms with Crippen molar-refractivity contribution in [1.29, 1.82) is 0 Å². The van der Waals surface area contributed by atoms with Crippen molar-refractivity contribution in [3.05, 3.63) is 11.5 Å². The third kappa shape index (κ3) is 3.22. The molecule has 2 rings (SSSR count). The van der Waals surface area contributed by atoms with E-state index in [1.807, 2.05) is 6.92 Å². The molecular weight excluding hydrogens is 292 g/mol. The molecule has 0 aromatic carbocycles. The summed E-state index contributed by atoms with van der Waals surface area (Å²) in [6.07, 6.45) is -1.51. The number of hydrogen-bond donors (Lipinski definition) is 5. The van der Waals surface area contributed by atoms with Gasteiger partial charge >= 0.3 is 0 Å². The van der Waals surface area contributed by atoms with Crippen LogP contribution in [0, 0.1) is 0 Å². The van der Waals surface area contributed by atoms with E-state index < -0.39 is 30.3 Å². The van der Waals surface area contributed by atoms with Crippen LogP contribution in [0.5, 0.6) is 0 Å². The van der Waals surface area contributed by atoms with Crippen molar-refractivity contribution in [1.82, 2.24) is 9.97 Å². The summed E-state index contributed by atoms with van der Waals surface area (Å²) in [5.74, 6) is -0.496. The number of nitrogens with one attached hydrogen (secondary N) is 1. The third-order valence-electron chi connectivity index (χ3n) is 3.58. The Hall–Kier alpha value is -1.68. The number of rotatable bonds is 7. The fourth-order valence-corrected chi connectivity index (χ4v) is 2.39. The average molecular weight is 314 g/mol. The van der Waals surface area contributed by atoms with Gasteiger partial charge in [-0.2, -0.15) is 0 Å². The molecule has 0 unspecified atom stereocenters. The first-order chi connectivity index (χ1) is 10.5. The maximum absolute atomic E-state index is 11.2. The first kappa shape index (κ1) is 16.7.